The number of rotatable bonds is 6. The zero-order valence-electron chi connectivity index (χ0n) is 19.9. The van der Waals surface area contributed by atoms with E-state index in [2.05, 4.69) is 74.5 Å². The van der Waals surface area contributed by atoms with Gasteiger partial charge in [0.2, 0.25) is 0 Å². The van der Waals surface area contributed by atoms with Crippen molar-refractivity contribution in [1.82, 2.24) is 5.09 Å². The molecule has 0 aliphatic carbocycles. The van der Waals surface area contributed by atoms with Crippen LogP contribution in [0.2, 0.25) is 0 Å². The van der Waals surface area contributed by atoms with Gasteiger partial charge in [-0.15, -0.1) is 0 Å². The van der Waals surface area contributed by atoms with Crippen molar-refractivity contribution in [2.75, 3.05) is 12.0 Å². The third-order valence-corrected chi connectivity index (χ3v) is 7.62. The van der Waals surface area contributed by atoms with Crippen molar-refractivity contribution in [1.29, 1.82) is 0 Å². The van der Waals surface area contributed by atoms with Crippen molar-refractivity contribution in [2.45, 2.75) is 58.8 Å². The molecule has 0 bridgehead atoms. The number of aryl methyl sites for hydroxylation is 1. The van der Waals surface area contributed by atoms with Crippen molar-refractivity contribution in [3.63, 3.8) is 0 Å². The maximum atomic E-state index is 4.93. The predicted octanol–water partition coefficient (Wildman–Crippen LogP) is 8.33. The molecule has 0 aromatic heterocycles. The first-order chi connectivity index (χ1) is 15.7. The summed E-state index contributed by atoms with van der Waals surface area (Å²) in [5, 5.41) is 8.43. The Labute approximate surface area is 218 Å². The second-order valence-electron chi connectivity index (χ2n) is 8.05. The van der Waals surface area contributed by atoms with E-state index in [9.17, 15) is 0 Å². The van der Waals surface area contributed by atoms with E-state index in [1.807, 2.05) is 36.9 Å². The fourth-order valence-corrected chi connectivity index (χ4v) is 5.40. The first-order valence-electron chi connectivity index (χ1n) is 11.0. The number of benzene rings is 2. The summed E-state index contributed by atoms with van der Waals surface area (Å²) >= 11 is -1.62. The van der Waals surface area contributed by atoms with Gasteiger partial charge < -0.3 is 4.74 Å². The summed E-state index contributed by atoms with van der Waals surface area (Å²) in [6.07, 6.45) is 2.38. The first-order valence-corrected chi connectivity index (χ1v) is 17.9. The van der Waals surface area contributed by atoms with E-state index >= 15 is 0 Å². The molecule has 1 fully saturated rings. The van der Waals surface area contributed by atoms with Crippen LogP contribution in [0.3, 0.4) is 0 Å². The number of nitrogens with zero attached hydrogens (tertiary/aromatic N) is 1. The Morgan fingerprint density at radius 2 is 1.58 bits per heavy atom. The summed E-state index contributed by atoms with van der Waals surface area (Å²) in [5.74, 6) is 0.926. The maximum absolute atomic E-state index is 4.93. The summed E-state index contributed by atoms with van der Waals surface area (Å²) in [6, 6.07) is 18.6. The Hall–Kier alpha value is -0.498. The molecule has 0 unspecified atom stereocenters. The van der Waals surface area contributed by atoms with Crippen LogP contribution >= 0.6 is 38.2 Å². The van der Waals surface area contributed by atoms with Gasteiger partial charge in [-0.1, -0.05) is 54.4 Å². The SMILES string of the molecule is Cc1ccc(C(=NNc2ccccc2)N[PH+](C(C)C)C(C)C)cc1.[CH-]1CCCO1.[Cl][Cr+]([Cl])[Cl]. The van der Waals surface area contributed by atoms with Crippen LogP contribution in [-0.2, 0) is 16.1 Å². The molecule has 2 aromatic rings. The summed E-state index contributed by atoms with van der Waals surface area (Å²) in [5.41, 5.74) is 7.80. The zero-order chi connectivity index (χ0) is 24.6. The van der Waals surface area contributed by atoms with Crippen LogP contribution in [0.4, 0.5) is 5.69 Å². The van der Waals surface area contributed by atoms with Gasteiger partial charge in [0.25, 0.3) is 0 Å². The average molecular weight is 572 g/mol. The topological polar surface area (TPSA) is 45.7 Å². The Bertz CT molecular complexity index is 771. The van der Waals surface area contributed by atoms with E-state index in [0.29, 0.717) is 11.3 Å². The molecule has 4 nitrogen and oxygen atoms in total. The predicted molar refractivity (Wildman–Crippen MR) is 147 cm³/mol. The molecule has 0 amide bonds. The van der Waals surface area contributed by atoms with Crippen molar-refractivity contribution >= 4 is 49.7 Å². The van der Waals surface area contributed by atoms with Gasteiger partial charge in [-0.2, -0.15) is 11.5 Å². The van der Waals surface area contributed by atoms with Crippen LogP contribution in [-0.4, -0.2) is 23.8 Å². The fourth-order valence-electron chi connectivity index (χ4n) is 3.02. The molecule has 1 aliphatic rings. The molecule has 184 valence electrons. The fraction of sp³-hybridized carbons (Fsp3) is 0.417. The van der Waals surface area contributed by atoms with Crippen LogP contribution in [0, 0.1) is 13.5 Å². The van der Waals surface area contributed by atoms with Gasteiger partial charge in [0, 0.05) is 12.2 Å². The summed E-state index contributed by atoms with van der Waals surface area (Å²) in [4.78, 5) is 0. The standard InChI is InChI=1S/C20H28N3P.C4H7O.3ClH.Cr/c1-15(2)24(16(3)4)23-20(18-13-11-17(5)12-14-18)22-21-19-9-7-6-8-10-19;1-2-4-5-3-1;;;;/h6-16,21H,1-5H3,(H,22,23);3H,1-2,4H2;3*1H;/q;-1;;;;+4/p-2. The Kier molecular flexibility index (Phi) is 16.5. The van der Waals surface area contributed by atoms with Gasteiger partial charge in [-0.05, 0) is 46.8 Å². The van der Waals surface area contributed by atoms with E-state index in [1.165, 1.54) is 12.0 Å². The normalized spacial score (nSPS) is 13.5. The molecule has 1 aliphatic heterocycles. The van der Waals surface area contributed by atoms with Gasteiger partial charge in [-0.3, -0.25) is 5.43 Å². The van der Waals surface area contributed by atoms with E-state index < -0.39 is 19.5 Å². The van der Waals surface area contributed by atoms with Crippen LogP contribution in [0.25, 0.3) is 0 Å². The first kappa shape index (κ1) is 30.5. The molecule has 2 aromatic carbocycles. The monoisotopic (exact) mass is 570 g/mol. The Morgan fingerprint density at radius 3 is 2.00 bits per heavy atom. The number of ether oxygens (including phenoxy) is 1. The van der Waals surface area contributed by atoms with Crippen molar-refractivity contribution in [3.8, 4) is 0 Å². The second-order valence-corrected chi connectivity index (χ2v) is 17.8. The molecular weight excluding hydrogens is 536 g/mol. The number of amidine groups is 1. The number of para-hydroxylation sites is 1. The Morgan fingerprint density at radius 1 is 1.00 bits per heavy atom. The van der Waals surface area contributed by atoms with Gasteiger partial charge in [0.05, 0.1) is 25.1 Å². The zero-order valence-corrected chi connectivity index (χ0v) is 24.5. The number of hydrogen-bond acceptors (Lipinski definition) is 3. The Balaban J connectivity index is 0.000000505. The third kappa shape index (κ3) is 14.5. The van der Waals surface area contributed by atoms with Crippen LogP contribution in [0.5, 0.6) is 0 Å². The number of hydrazone groups is 1. The van der Waals surface area contributed by atoms with E-state index in [0.717, 1.165) is 30.1 Å². The summed E-state index contributed by atoms with van der Waals surface area (Å²) < 4.78 is 4.82. The van der Waals surface area contributed by atoms with Crippen molar-refractivity contribution in [2.24, 2.45) is 5.10 Å². The molecular formula is C24H36Cl3CrN3OP+. The van der Waals surface area contributed by atoms with Gasteiger partial charge in [0.1, 0.15) is 0 Å². The molecule has 1 heterocycles. The van der Waals surface area contributed by atoms with E-state index in [4.69, 9.17) is 34.9 Å². The van der Waals surface area contributed by atoms with Crippen molar-refractivity contribution < 1.29 is 16.1 Å². The molecule has 0 radical (unpaired) electrons. The number of hydrogen-bond donors (Lipinski definition) is 2. The number of nitrogens with one attached hydrogen (secondary N) is 2. The molecule has 33 heavy (non-hydrogen) atoms. The minimum atomic E-state index is -1.62. The third-order valence-electron chi connectivity index (χ3n) is 4.60. The second kappa shape index (κ2) is 17.9. The number of anilines is 1. The van der Waals surface area contributed by atoms with E-state index in [-0.39, 0.29) is 0 Å². The molecule has 2 N–H and O–H groups in total. The minimum absolute atomic E-state index is 0.627. The van der Waals surface area contributed by atoms with E-state index in [1.54, 1.807) is 0 Å². The average Bonchev–Trinajstić information content (AvgIpc) is 3.35. The molecule has 0 atom stereocenters. The molecule has 1 saturated heterocycles. The van der Waals surface area contributed by atoms with Gasteiger partial charge >= 0.3 is 41.5 Å². The van der Waals surface area contributed by atoms with Gasteiger partial charge in [-0.25, -0.2) is 11.7 Å². The van der Waals surface area contributed by atoms with Crippen molar-refractivity contribution in [3.05, 3.63) is 72.3 Å². The summed E-state index contributed by atoms with van der Waals surface area (Å²) in [6.45, 7) is 14.1. The molecule has 0 spiro atoms. The quantitative estimate of drug-likeness (QED) is 0.120. The number of halogens is 3. The molecule has 0 saturated carbocycles. The summed E-state index contributed by atoms with van der Waals surface area (Å²) in [7, 11) is 14.0. The molecule has 9 heteroatoms. The van der Waals surface area contributed by atoms with Crippen LogP contribution in [0.15, 0.2) is 59.7 Å². The van der Waals surface area contributed by atoms with Gasteiger partial charge in [0.15, 0.2) is 5.84 Å². The van der Waals surface area contributed by atoms with Crippen LogP contribution < -0.4 is 10.5 Å². The molecule has 3 rings (SSSR count). The van der Waals surface area contributed by atoms with Crippen LogP contribution in [0.1, 0.15) is 51.7 Å².